The van der Waals surface area contributed by atoms with Gasteiger partial charge in [-0.25, -0.2) is 0 Å². The number of thioether (sulfide) groups is 1. The van der Waals surface area contributed by atoms with Crippen LogP contribution in [0.4, 0.5) is 5.69 Å². The lowest BCUT2D eigenvalue weighted by atomic mass is 10.3. The Labute approximate surface area is 125 Å². The largest absolute Gasteiger partial charge is 0.467 e. The van der Waals surface area contributed by atoms with Crippen molar-refractivity contribution in [2.45, 2.75) is 11.4 Å². The predicted octanol–water partition coefficient (Wildman–Crippen LogP) is 2.52. The molecule has 0 bridgehead atoms. The number of carbonyl (C=O) groups is 2. The molecule has 2 heterocycles. The molecule has 2 N–H and O–H groups in total. The summed E-state index contributed by atoms with van der Waals surface area (Å²) in [4.78, 5) is 25.1. The molecule has 106 valence electrons. The van der Waals surface area contributed by atoms with Crippen LogP contribution in [0.15, 0.2) is 63.0 Å². The number of carbonyl (C=O) groups excluding carboxylic acids is 2. The Morgan fingerprint density at radius 3 is 2.95 bits per heavy atom. The van der Waals surface area contributed by atoms with Crippen LogP contribution in [-0.2, 0) is 16.1 Å². The smallest absolute Gasteiger partial charge is 0.262 e. The number of nitrogens with one attached hydrogen (secondary N) is 2. The number of hydrogen-bond donors (Lipinski definition) is 2. The van der Waals surface area contributed by atoms with Crippen LogP contribution in [0.2, 0.25) is 0 Å². The third-order valence-corrected chi connectivity index (χ3v) is 3.96. The molecule has 0 saturated heterocycles. The quantitative estimate of drug-likeness (QED) is 0.854. The number of rotatable bonds is 3. The van der Waals surface area contributed by atoms with E-state index in [4.69, 9.17) is 4.42 Å². The monoisotopic (exact) mass is 300 g/mol. The van der Waals surface area contributed by atoms with Crippen molar-refractivity contribution >= 4 is 29.3 Å². The van der Waals surface area contributed by atoms with Crippen molar-refractivity contribution in [3.05, 3.63) is 59.4 Å². The second kappa shape index (κ2) is 5.88. The fourth-order valence-electron chi connectivity index (χ4n) is 1.86. The zero-order chi connectivity index (χ0) is 14.7. The van der Waals surface area contributed by atoms with Crippen molar-refractivity contribution in [1.82, 2.24) is 5.32 Å². The first-order valence-electron chi connectivity index (χ1n) is 6.32. The van der Waals surface area contributed by atoms with Crippen molar-refractivity contribution in [1.29, 1.82) is 0 Å². The molecule has 2 aromatic rings. The summed E-state index contributed by atoms with van der Waals surface area (Å²) in [5, 5.41) is 5.43. The van der Waals surface area contributed by atoms with E-state index in [9.17, 15) is 9.59 Å². The molecular weight excluding hydrogens is 288 g/mol. The summed E-state index contributed by atoms with van der Waals surface area (Å²) in [5.41, 5.74) is 0.764. The van der Waals surface area contributed by atoms with Gasteiger partial charge in [-0.1, -0.05) is 23.9 Å². The second-order valence-electron chi connectivity index (χ2n) is 4.36. The number of amides is 2. The number of benzene rings is 1. The topological polar surface area (TPSA) is 71.3 Å². The van der Waals surface area contributed by atoms with Crippen molar-refractivity contribution in [2.75, 3.05) is 5.32 Å². The standard InChI is InChI=1S/C15H12N2O3S/c18-14(16-9-10-4-3-7-20-10)8-13-15(19)17-11-5-1-2-6-12(11)21-13/h1-8H,9H2,(H,16,18)(H,17,19)/b13-8-. The Hall–Kier alpha value is -2.47. The first-order chi connectivity index (χ1) is 10.2. The van der Waals surface area contributed by atoms with E-state index in [0.29, 0.717) is 17.2 Å². The molecule has 1 aromatic carbocycles. The van der Waals surface area contributed by atoms with Crippen molar-refractivity contribution < 1.29 is 14.0 Å². The minimum absolute atomic E-state index is 0.271. The fraction of sp³-hybridized carbons (Fsp3) is 0.0667. The molecule has 0 unspecified atom stereocenters. The van der Waals surface area contributed by atoms with Gasteiger partial charge in [-0.2, -0.15) is 0 Å². The number of anilines is 1. The van der Waals surface area contributed by atoms with Crippen LogP contribution in [0.25, 0.3) is 0 Å². The molecule has 6 heteroatoms. The van der Waals surface area contributed by atoms with E-state index in [1.165, 1.54) is 17.8 Å². The Bertz CT molecular complexity index is 707. The van der Waals surface area contributed by atoms with Gasteiger partial charge in [0.15, 0.2) is 0 Å². The van der Waals surface area contributed by atoms with Crippen molar-refractivity contribution in [3.8, 4) is 0 Å². The highest BCUT2D eigenvalue weighted by Crippen LogP contribution is 2.37. The van der Waals surface area contributed by atoms with Gasteiger partial charge in [0.1, 0.15) is 5.76 Å². The van der Waals surface area contributed by atoms with Crippen LogP contribution >= 0.6 is 11.8 Å². The lowest BCUT2D eigenvalue weighted by Gasteiger charge is -2.17. The number of hydrogen-bond acceptors (Lipinski definition) is 4. The van der Waals surface area contributed by atoms with E-state index >= 15 is 0 Å². The van der Waals surface area contributed by atoms with Gasteiger partial charge in [-0.15, -0.1) is 0 Å². The molecule has 0 aliphatic carbocycles. The normalized spacial score (nSPS) is 15.4. The summed E-state index contributed by atoms with van der Waals surface area (Å²) in [6, 6.07) is 11.0. The molecule has 0 saturated carbocycles. The summed E-state index contributed by atoms with van der Waals surface area (Å²) in [5.74, 6) is 0.0584. The molecule has 1 aromatic heterocycles. The number of fused-ring (bicyclic) bond motifs is 1. The minimum Gasteiger partial charge on any atom is -0.467 e. The molecule has 1 aliphatic rings. The van der Waals surface area contributed by atoms with Crippen LogP contribution in [0.5, 0.6) is 0 Å². The van der Waals surface area contributed by atoms with E-state index in [2.05, 4.69) is 10.6 Å². The Kier molecular flexibility index (Phi) is 3.79. The van der Waals surface area contributed by atoms with E-state index in [1.54, 1.807) is 18.4 Å². The molecule has 2 amide bonds. The zero-order valence-electron chi connectivity index (χ0n) is 11.0. The SMILES string of the molecule is O=C(/C=C1\Sc2ccccc2NC1=O)NCc1ccco1. The third kappa shape index (κ3) is 3.17. The summed E-state index contributed by atoms with van der Waals surface area (Å²) < 4.78 is 5.12. The third-order valence-electron chi connectivity index (χ3n) is 2.86. The van der Waals surface area contributed by atoms with Gasteiger partial charge >= 0.3 is 0 Å². The van der Waals surface area contributed by atoms with Crippen LogP contribution in [-0.4, -0.2) is 11.8 Å². The van der Waals surface area contributed by atoms with Crippen LogP contribution in [0.1, 0.15) is 5.76 Å². The van der Waals surface area contributed by atoms with E-state index in [0.717, 1.165) is 10.6 Å². The van der Waals surface area contributed by atoms with Gasteiger partial charge in [0.2, 0.25) is 5.91 Å². The first kappa shape index (κ1) is 13.5. The van der Waals surface area contributed by atoms with E-state index in [-0.39, 0.29) is 11.8 Å². The van der Waals surface area contributed by atoms with Gasteiger partial charge in [0, 0.05) is 11.0 Å². The van der Waals surface area contributed by atoms with Crippen LogP contribution < -0.4 is 10.6 Å². The van der Waals surface area contributed by atoms with E-state index in [1.807, 2.05) is 24.3 Å². The summed E-state index contributed by atoms with van der Waals surface area (Å²) in [6.45, 7) is 0.290. The Balaban J connectivity index is 1.68. The maximum Gasteiger partial charge on any atom is 0.262 e. The van der Waals surface area contributed by atoms with Gasteiger partial charge in [-0.3, -0.25) is 9.59 Å². The molecule has 0 radical (unpaired) electrons. The summed E-state index contributed by atoms with van der Waals surface area (Å²) in [6.07, 6.45) is 2.85. The van der Waals surface area contributed by atoms with Gasteiger partial charge < -0.3 is 15.1 Å². The lowest BCUT2D eigenvalue weighted by Crippen LogP contribution is -2.23. The second-order valence-corrected chi connectivity index (χ2v) is 5.44. The van der Waals surface area contributed by atoms with Gasteiger partial charge in [0.05, 0.1) is 23.4 Å². The minimum atomic E-state index is -0.330. The fourth-order valence-corrected chi connectivity index (χ4v) is 2.78. The van der Waals surface area contributed by atoms with Crippen molar-refractivity contribution in [3.63, 3.8) is 0 Å². The number of para-hydroxylation sites is 1. The summed E-state index contributed by atoms with van der Waals surface area (Å²) >= 11 is 1.28. The Morgan fingerprint density at radius 1 is 1.29 bits per heavy atom. The lowest BCUT2D eigenvalue weighted by molar-refractivity contribution is -0.117. The highest BCUT2D eigenvalue weighted by molar-refractivity contribution is 8.04. The maximum absolute atomic E-state index is 11.9. The van der Waals surface area contributed by atoms with Gasteiger partial charge in [-0.05, 0) is 24.3 Å². The van der Waals surface area contributed by atoms with Crippen molar-refractivity contribution in [2.24, 2.45) is 0 Å². The molecule has 0 fully saturated rings. The van der Waals surface area contributed by atoms with Crippen LogP contribution in [0, 0.1) is 0 Å². The molecule has 0 atom stereocenters. The average molecular weight is 300 g/mol. The molecule has 1 aliphatic heterocycles. The summed E-state index contributed by atoms with van der Waals surface area (Å²) in [7, 11) is 0. The highest BCUT2D eigenvalue weighted by Gasteiger charge is 2.21. The Morgan fingerprint density at radius 2 is 2.14 bits per heavy atom. The number of furan rings is 1. The predicted molar refractivity (Wildman–Crippen MR) is 79.6 cm³/mol. The molecule has 0 spiro atoms. The highest BCUT2D eigenvalue weighted by atomic mass is 32.2. The first-order valence-corrected chi connectivity index (χ1v) is 7.14. The zero-order valence-corrected chi connectivity index (χ0v) is 11.8. The average Bonchev–Trinajstić information content (AvgIpc) is 2.99. The van der Waals surface area contributed by atoms with Crippen LogP contribution in [0.3, 0.4) is 0 Å². The molecule has 3 rings (SSSR count). The molecule has 5 nitrogen and oxygen atoms in total. The van der Waals surface area contributed by atoms with Gasteiger partial charge in [0.25, 0.3) is 5.91 Å². The van der Waals surface area contributed by atoms with E-state index < -0.39 is 0 Å². The molecular formula is C15H12N2O3S. The maximum atomic E-state index is 11.9. The molecule has 21 heavy (non-hydrogen) atoms.